The Bertz CT molecular complexity index is 2210. The molecule has 61 heavy (non-hydrogen) atoms. The van der Waals surface area contributed by atoms with E-state index in [1.807, 2.05) is 77.7 Å². The molecule has 7 heteroatoms. The number of nitrogens with zero attached hydrogens (tertiary/aromatic N) is 1. The number of anilines is 1. The highest BCUT2D eigenvalue weighted by molar-refractivity contribution is 6.10. The number of fused-ring (bicyclic) bond motifs is 8. The quantitative estimate of drug-likeness (QED) is 0.115. The zero-order chi connectivity index (χ0) is 42.4. The van der Waals surface area contributed by atoms with Gasteiger partial charge in [-0.05, 0) is 172 Å². The number of urea groups is 1. The Morgan fingerprint density at radius 2 is 1.49 bits per heavy atom. The third-order valence-corrected chi connectivity index (χ3v) is 15.9. The van der Waals surface area contributed by atoms with E-state index < -0.39 is 17.1 Å². The first-order valence-corrected chi connectivity index (χ1v) is 23.0. The molecular formula is C54H64N2O5. The minimum Gasteiger partial charge on any atom is -0.497 e. The number of carbonyl (C=O) groups excluding carboxylic acids is 2. The molecule has 7 aliphatic carbocycles. The smallest absolute Gasteiger partial charge is 0.321 e. The highest BCUT2D eigenvalue weighted by atomic mass is 16.5. The van der Waals surface area contributed by atoms with Crippen molar-refractivity contribution in [2.75, 3.05) is 25.5 Å². The van der Waals surface area contributed by atoms with E-state index in [2.05, 4.69) is 49.5 Å². The van der Waals surface area contributed by atoms with E-state index in [1.54, 1.807) is 7.11 Å². The number of carbonyl (C=O) groups is 2. The van der Waals surface area contributed by atoms with Gasteiger partial charge in [0.1, 0.15) is 5.75 Å². The molecule has 0 heterocycles. The molecule has 5 fully saturated rings. The molecule has 4 aromatic rings. The monoisotopic (exact) mass is 820 g/mol. The van der Waals surface area contributed by atoms with Crippen LogP contribution in [0, 0.1) is 28.6 Å². The summed E-state index contributed by atoms with van der Waals surface area (Å²) in [6.07, 6.45) is 13.8. The number of benzene rings is 4. The number of ether oxygens (including phenoxy) is 1. The van der Waals surface area contributed by atoms with Crippen LogP contribution in [0.4, 0.5) is 10.5 Å². The summed E-state index contributed by atoms with van der Waals surface area (Å²) in [5, 5.41) is 27.9. The topological polar surface area (TPSA) is 99.1 Å². The van der Waals surface area contributed by atoms with E-state index in [0.29, 0.717) is 55.5 Å². The summed E-state index contributed by atoms with van der Waals surface area (Å²) in [6, 6.07) is 31.6. The van der Waals surface area contributed by atoms with Gasteiger partial charge in [-0.2, -0.15) is 0 Å². The molecule has 0 spiro atoms. The third-order valence-electron chi connectivity index (χ3n) is 15.9. The van der Waals surface area contributed by atoms with Crippen LogP contribution in [0.2, 0.25) is 0 Å². The van der Waals surface area contributed by atoms with Crippen molar-refractivity contribution in [1.29, 1.82) is 0 Å². The maximum absolute atomic E-state index is 14.8. The van der Waals surface area contributed by atoms with Crippen molar-refractivity contribution >= 4 is 17.5 Å². The number of aliphatic hydroxyl groups is 2. The summed E-state index contributed by atoms with van der Waals surface area (Å²) >= 11 is 0. The Hall–Kier alpha value is -4.72. The Kier molecular flexibility index (Phi) is 11.5. The van der Waals surface area contributed by atoms with Crippen LogP contribution in [0.25, 0.3) is 11.1 Å². The van der Waals surface area contributed by atoms with Gasteiger partial charge in [0.2, 0.25) is 0 Å². The highest BCUT2D eigenvalue weighted by Gasteiger charge is 2.59. The molecule has 5 saturated carbocycles. The molecule has 2 amide bonds. The molecule has 7 aliphatic rings. The molecule has 4 aromatic carbocycles. The number of hydrogen-bond acceptors (Lipinski definition) is 5. The second-order valence-corrected chi connectivity index (χ2v) is 20.2. The highest BCUT2D eigenvalue weighted by Crippen LogP contribution is 2.62. The zero-order valence-electron chi connectivity index (χ0n) is 36.4. The number of rotatable bonds is 9. The van der Waals surface area contributed by atoms with E-state index in [9.17, 15) is 19.8 Å². The number of ketones is 1. The van der Waals surface area contributed by atoms with Crippen LogP contribution in [-0.4, -0.2) is 58.8 Å². The fourth-order valence-electron chi connectivity index (χ4n) is 13.1. The minimum atomic E-state index is -1.22. The van der Waals surface area contributed by atoms with Crippen LogP contribution >= 0.6 is 0 Å². The van der Waals surface area contributed by atoms with E-state index in [-0.39, 0.29) is 29.7 Å². The van der Waals surface area contributed by atoms with Crippen molar-refractivity contribution in [3.05, 3.63) is 131 Å². The molecule has 0 radical (unpaired) electrons. The van der Waals surface area contributed by atoms with Gasteiger partial charge in [0, 0.05) is 28.8 Å². The van der Waals surface area contributed by atoms with Gasteiger partial charge in [0.15, 0.2) is 5.78 Å². The summed E-state index contributed by atoms with van der Waals surface area (Å²) in [7, 11) is 1.64. The first kappa shape index (κ1) is 41.6. The van der Waals surface area contributed by atoms with Gasteiger partial charge < -0.3 is 25.2 Å². The van der Waals surface area contributed by atoms with Crippen LogP contribution in [0.1, 0.15) is 124 Å². The average Bonchev–Trinajstić information content (AvgIpc) is 3.50. The first-order chi connectivity index (χ1) is 29.4. The van der Waals surface area contributed by atoms with Crippen LogP contribution in [-0.2, 0) is 6.42 Å². The Labute approximate surface area is 362 Å². The van der Waals surface area contributed by atoms with E-state index in [1.165, 1.54) is 24.8 Å². The number of nitrogens with one attached hydrogen (secondary N) is 1. The van der Waals surface area contributed by atoms with Crippen molar-refractivity contribution in [1.82, 2.24) is 4.90 Å². The van der Waals surface area contributed by atoms with Gasteiger partial charge in [-0.3, -0.25) is 4.79 Å². The second kappa shape index (κ2) is 16.9. The maximum atomic E-state index is 14.8. The first-order valence-electron chi connectivity index (χ1n) is 23.0. The number of amides is 2. The van der Waals surface area contributed by atoms with Crippen LogP contribution in [0.3, 0.4) is 0 Å². The molecule has 320 valence electrons. The lowest BCUT2D eigenvalue weighted by Crippen LogP contribution is -2.58. The number of methoxy groups -OCH3 is 1. The third kappa shape index (κ3) is 8.45. The molecule has 0 aliphatic heterocycles. The fourth-order valence-corrected chi connectivity index (χ4v) is 13.1. The zero-order valence-corrected chi connectivity index (χ0v) is 36.4. The van der Waals surface area contributed by atoms with Crippen LogP contribution in [0.15, 0.2) is 109 Å². The lowest BCUT2D eigenvalue weighted by molar-refractivity contribution is -0.0975. The molecule has 0 saturated heterocycles. The Balaban J connectivity index is 1.08. The van der Waals surface area contributed by atoms with E-state index >= 15 is 0 Å². The number of allylic oxidation sites excluding steroid dienone is 2. The molecule has 0 aromatic heterocycles. The van der Waals surface area contributed by atoms with Crippen molar-refractivity contribution in [3.63, 3.8) is 0 Å². The van der Waals surface area contributed by atoms with Crippen molar-refractivity contribution in [2.45, 2.75) is 115 Å². The molecule has 4 atom stereocenters. The van der Waals surface area contributed by atoms with Crippen LogP contribution < -0.4 is 10.1 Å². The molecule has 6 bridgehead atoms. The van der Waals surface area contributed by atoms with Gasteiger partial charge in [0.05, 0.1) is 25.4 Å². The number of hydrogen-bond donors (Lipinski definition) is 3. The second-order valence-electron chi connectivity index (χ2n) is 20.2. The van der Waals surface area contributed by atoms with Crippen molar-refractivity contribution < 1.29 is 24.5 Å². The van der Waals surface area contributed by atoms with Crippen LogP contribution in [0.5, 0.6) is 5.75 Å². The fraction of sp³-hybridized carbons (Fsp3) is 0.481. The molecule has 3 N–H and O–H groups in total. The molecule has 11 rings (SSSR count). The summed E-state index contributed by atoms with van der Waals surface area (Å²) in [4.78, 5) is 31.6. The van der Waals surface area contributed by atoms with Gasteiger partial charge in [-0.15, -0.1) is 0 Å². The predicted molar refractivity (Wildman–Crippen MR) is 243 cm³/mol. The summed E-state index contributed by atoms with van der Waals surface area (Å²) < 4.78 is 5.40. The van der Waals surface area contributed by atoms with E-state index in [0.717, 1.165) is 77.9 Å². The maximum Gasteiger partial charge on any atom is 0.321 e. The summed E-state index contributed by atoms with van der Waals surface area (Å²) in [5.41, 5.74) is 5.41. The van der Waals surface area contributed by atoms with Gasteiger partial charge in [-0.25, -0.2) is 4.79 Å². The van der Waals surface area contributed by atoms with Crippen molar-refractivity contribution in [2.24, 2.45) is 28.6 Å². The normalized spacial score (nSPS) is 30.6. The van der Waals surface area contributed by atoms with Gasteiger partial charge in [0.25, 0.3) is 0 Å². The SMILES string of the molecule is COc1ccc(NC(=O)N(CC23CC4CC(CC(C4)C2)C3)CC2(O)CCC3c4ccc(cc4C(=O)c4ccc(-c5ccccc5)cc4)CC(O)CCC(C)=CCCC32C)cc1. The minimum absolute atomic E-state index is 0.0473. The molecule has 7 nitrogen and oxygen atoms in total. The standard InChI is InChI=1S/C54H64N2O5/c1-36-8-7-24-52(2)49(47-22-12-37(29-45(57)19-11-36)30-48(47)50(58)43-15-13-42(14-16-43)41-9-5-4-6-10-41)23-25-54(52,60)35-56(51(59)55-44-17-20-46(61-3)21-18-44)34-53-31-38-26-39(32-53)28-40(27-38)33-53/h4-6,8-10,12-18,20-22,30,38-40,45,49,57,60H,7,11,19,23-29,31-35H2,1-3H3,(H,55,59). The molecule has 4 unspecified atom stereocenters. The largest absolute Gasteiger partial charge is 0.497 e. The average molecular weight is 821 g/mol. The molecular weight excluding hydrogens is 757 g/mol. The van der Waals surface area contributed by atoms with Crippen molar-refractivity contribution in [3.8, 4) is 16.9 Å². The van der Waals surface area contributed by atoms with Gasteiger partial charge in [-0.1, -0.05) is 85.3 Å². The lowest BCUT2D eigenvalue weighted by Gasteiger charge is -2.58. The summed E-state index contributed by atoms with van der Waals surface area (Å²) in [6.45, 7) is 5.23. The van der Waals surface area contributed by atoms with Gasteiger partial charge >= 0.3 is 6.03 Å². The lowest BCUT2D eigenvalue weighted by atomic mass is 9.49. The Morgan fingerprint density at radius 3 is 2.16 bits per heavy atom. The Morgan fingerprint density at radius 1 is 0.820 bits per heavy atom. The predicted octanol–water partition coefficient (Wildman–Crippen LogP) is 11.4. The number of aliphatic hydroxyl groups excluding tert-OH is 1. The summed E-state index contributed by atoms with van der Waals surface area (Å²) in [5.74, 6) is 2.75. The van der Waals surface area contributed by atoms with E-state index in [4.69, 9.17) is 4.74 Å².